The molecular formula is C28H30ClN3O4S. The summed E-state index contributed by atoms with van der Waals surface area (Å²) in [6, 6.07) is 15.2. The van der Waals surface area contributed by atoms with Crippen LogP contribution in [0.1, 0.15) is 65.4 Å². The number of aliphatic carboxylic acids is 1. The number of carbonyl (C=O) groups excluding carboxylic acids is 2. The van der Waals surface area contributed by atoms with Gasteiger partial charge in [-0.2, -0.15) is 0 Å². The molecule has 3 aromatic rings. The average molecular weight is 540 g/mol. The summed E-state index contributed by atoms with van der Waals surface area (Å²) in [5, 5.41) is 16.1. The molecule has 1 aliphatic carbocycles. The minimum Gasteiger partial charge on any atom is -0.481 e. The highest BCUT2D eigenvalue weighted by Crippen LogP contribution is 2.37. The Kier molecular flexibility index (Phi) is 8.95. The van der Waals surface area contributed by atoms with Gasteiger partial charge in [-0.3, -0.25) is 14.4 Å². The van der Waals surface area contributed by atoms with Crippen LogP contribution in [-0.2, 0) is 9.59 Å². The van der Waals surface area contributed by atoms with Crippen LogP contribution in [0.3, 0.4) is 0 Å². The highest BCUT2D eigenvalue weighted by atomic mass is 35.5. The van der Waals surface area contributed by atoms with E-state index in [2.05, 4.69) is 15.6 Å². The van der Waals surface area contributed by atoms with Crippen molar-refractivity contribution in [1.82, 2.24) is 10.3 Å². The van der Waals surface area contributed by atoms with E-state index in [1.807, 2.05) is 36.4 Å². The van der Waals surface area contributed by atoms with Crippen LogP contribution in [0.15, 0.2) is 48.5 Å². The van der Waals surface area contributed by atoms with Gasteiger partial charge >= 0.3 is 5.97 Å². The van der Waals surface area contributed by atoms with Crippen LogP contribution in [0.5, 0.6) is 0 Å². The molecule has 7 nitrogen and oxygen atoms in total. The number of thiazole rings is 1. The minimum atomic E-state index is -0.718. The zero-order valence-electron chi connectivity index (χ0n) is 20.6. The number of hydrogen-bond donors (Lipinski definition) is 3. The lowest BCUT2D eigenvalue weighted by Crippen LogP contribution is -2.27. The van der Waals surface area contributed by atoms with Gasteiger partial charge in [-0.15, -0.1) is 11.3 Å². The molecule has 0 saturated heterocycles. The van der Waals surface area contributed by atoms with Gasteiger partial charge in [-0.25, -0.2) is 4.98 Å². The van der Waals surface area contributed by atoms with E-state index < -0.39 is 5.97 Å². The quantitative estimate of drug-likeness (QED) is 0.296. The number of carboxylic acid groups (broad SMARTS) is 1. The first kappa shape index (κ1) is 26.8. The number of anilines is 1. The van der Waals surface area contributed by atoms with Gasteiger partial charge in [0, 0.05) is 35.7 Å². The number of nitrogens with zero attached hydrogens (tertiary/aromatic N) is 1. The number of hydrogen-bond acceptors (Lipinski definition) is 5. The summed E-state index contributed by atoms with van der Waals surface area (Å²) in [4.78, 5) is 41.0. The van der Waals surface area contributed by atoms with Gasteiger partial charge in [0.2, 0.25) is 5.91 Å². The molecule has 0 aliphatic heterocycles. The molecular weight excluding hydrogens is 510 g/mol. The van der Waals surface area contributed by atoms with Crippen molar-refractivity contribution >= 4 is 46.4 Å². The Morgan fingerprint density at radius 3 is 2.35 bits per heavy atom. The van der Waals surface area contributed by atoms with Crippen LogP contribution in [0.25, 0.3) is 10.6 Å². The number of carboxylic acids is 1. The van der Waals surface area contributed by atoms with Gasteiger partial charge in [-0.1, -0.05) is 35.9 Å². The molecule has 1 aliphatic rings. The summed E-state index contributed by atoms with van der Waals surface area (Å²) < 4.78 is 0. The highest BCUT2D eigenvalue weighted by Gasteiger charge is 2.24. The lowest BCUT2D eigenvalue weighted by molar-refractivity contribution is -0.138. The Morgan fingerprint density at radius 1 is 1.03 bits per heavy atom. The average Bonchev–Trinajstić information content (AvgIpc) is 3.26. The first-order valence-electron chi connectivity index (χ1n) is 12.4. The first-order valence-corrected chi connectivity index (χ1v) is 13.6. The van der Waals surface area contributed by atoms with Crippen LogP contribution in [-0.4, -0.2) is 34.4 Å². The number of aryl methyl sites for hydroxylation is 1. The molecule has 0 spiro atoms. The van der Waals surface area contributed by atoms with Crippen LogP contribution in [0, 0.1) is 12.8 Å². The van der Waals surface area contributed by atoms with Gasteiger partial charge < -0.3 is 15.7 Å². The summed E-state index contributed by atoms with van der Waals surface area (Å²) in [5.74, 6) is -0.431. The first-order chi connectivity index (χ1) is 17.8. The smallest absolute Gasteiger partial charge is 0.303 e. The molecule has 9 heteroatoms. The molecule has 2 amide bonds. The zero-order chi connectivity index (χ0) is 26.4. The Balaban J connectivity index is 1.22. The SMILES string of the molecule is Cc1nc(-c2ccc(Cl)cc2)sc1C(=O)NCCC(=O)Nc1ccc([C@H]2CC[C@H](CC(=O)O)CC2)cc1. The van der Waals surface area contributed by atoms with E-state index in [0.717, 1.165) is 36.3 Å². The zero-order valence-corrected chi connectivity index (χ0v) is 22.2. The predicted octanol–water partition coefficient (Wildman–Crippen LogP) is 6.28. The van der Waals surface area contributed by atoms with Crippen molar-refractivity contribution in [1.29, 1.82) is 0 Å². The lowest BCUT2D eigenvalue weighted by Gasteiger charge is -2.28. The molecule has 0 bridgehead atoms. The van der Waals surface area contributed by atoms with Crippen LogP contribution in [0.2, 0.25) is 5.02 Å². The number of nitrogens with one attached hydrogen (secondary N) is 2. The van der Waals surface area contributed by atoms with Crippen molar-refractivity contribution in [2.75, 3.05) is 11.9 Å². The molecule has 1 saturated carbocycles. The molecule has 37 heavy (non-hydrogen) atoms. The number of amides is 2. The van der Waals surface area contributed by atoms with E-state index in [-0.39, 0.29) is 37.1 Å². The van der Waals surface area contributed by atoms with E-state index in [0.29, 0.717) is 27.2 Å². The monoisotopic (exact) mass is 539 g/mol. The van der Waals surface area contributed by atoms with E-state index in [9.17, 15) is 14.4 Å². The predicted molar refractivity (Wildman–Crippen MR) is 146 cm³/mol. The lowest BCUT2D eigenvalue weighted by atomic mass is 9.77. The van der Waals surface area contributed by atoms with Crippen molar-refractivity contribution in [3.8, 4) is 10.6 Å². The highest BCUT2D eigenvalue weighted by molar-refractivity contribution is 7.17. The Morgan fingerprint density at radius 2 is 1.70 bits per heavy atom. The normalized spacial score (nSPS) is 17.2. The van der Waals surface area contributed by atoms with E-state index in [1.165, 1.54) is 16.9 Å². The van der Waals surface area contributed by atoms with E-state index in [4.69, 9.17) is 16.7 Å². The maximum atomic E-state index is 12.6. The largest absolute Gasteiger partial charge is 0.481 e. The van der Waals surface area contributed by atoms with Crippen molar-refractivity contribution in [3.63, 3.8) is 0 Å². The Labute approximate surface area is 225 Å². The molecule has 4 rings (SSSR count). The molecule has 3 N–H and O–H groups in total. The van der Waals surface area contributed by atoms with Crippen LogP contribution >= 0.6 is 22.9 Å². The fourth-order valence-electron chi connectivity index (χ4n) is 4.70. The number of aromatic nitrogens is 1. The minimum absolute atomic E-state index is 0.156. The molecule has 2 aromatic carbocycles. The second-order valence-corrected chi connectivity index (χ2v) is 10.9. The summed E-state index contributed by atoms with van der Waals surface area (Å²) in [5.41, 5.74) is 3.47. The molecule has 1 aromatic heterocycles. The van der Waals surface area contributed by atoms with Crippen molar-refractivity contribution in [2.24, 2.45) is 5.92 Å². The standard InChI is InChI=1S/C28H30ClN3O4S/c1-17-26(37-28(31-17)21-6-10-22(29)11-7-21)27(36)30-15-14-24(33)32-23-12-8-20(9-13-23)19-4-2-18(3-5-19)16-25(34)35/h6-13,18-19H,2-5,14-16H2,1H3,(H,30,36)(H,32,33)(H,34,35)/t18-,19-. The molecule has 194 valence electrons. The Hall–Kier alpha value is -3.23. The van der Waals surface area contributed by atoms with Crippen molar-refractivity contribution < 1.29 is 19.5 Å². The summed E-state index contributed by atoms with van der Waals surface area (Å²) in [6.07, 6.45) is 4.26. The van der Waals surface area contributed by atoms with Gasteiger partial charge in [0.25, 0.3) is 5.91 Å². The fraction of sp³-hybridized carbons (Fsp3) is 0.357. The molecule has 0 unspecified atom stereocenters. The molecule has 1 fully saturated rings. The van der Waals surface area contributed by atoms with Crippen molar-refractivity contribution in [2.45, 2.75) is 51.4 Å². The van der Waals surface area contributed by atoms with E-state index >= 15 is 0 Å². The van der Waals surface area contributed by atoms with Gasteiger partial charge in [0.15, 0.2) is 0 Å². The van der Waals surface area contributed by atoms with Gasteiger partial charge in [0.1, 0.15) is 9.88 Å². The topological polar surface area (TPSA) is 108 Å². The summed E-state index contributed by atoms with van der Waals surface area (Å²) in [7, 11) is 0. The van der Waals surface area contributed by atoms with Gasteiger partial charge in [0.05, 0.1) is 5.69 Å². The second kappa shape index (κ2) is 12.3. The van der Waals surface area contributed by atoms with Gasteiger partial charge in [-0.05, 0) is 74.3 Å². The maximum absolute atomic E-state index is 12.6. The van der Waals surface area contributed by atoms with Crippen molar-refractivity contribution in [3.05, 3.63) is 69.7 Å². The Bertz CT molecular complexity index is 1250. The molecule has 1 heterocycles. The number of carbonyl (C=O) groups is 3. The number of halogens is 1. The summed E-state index contributed by atoms with van der Waals surface area (Å²) in [6.45, 7) is 2.01. The second-order valence-electron chi connectivity index (χ2n) is 9.43. The number of rotatable bonds is 9. The van der Waals surface area contributed by atoms with Crippen LogP contribution < -0.4 is 10.6 Å². The third-order valence-corrected chi connectivity index (χ3v) is 8.16. The fourth-order valence-corrected chi connectivity index (χ4v) is 5.82. The number of benzene rings is 2. The summed E-state index contributed by atoms with van der Waals surface area (Å²) >= 11 is 7.26. The molecule has 0 atom stereocenters. The molecule has 0 radical (unpaired) electrons. The van der Waals surface area contributed by atoms with E-state index in [1.54, 1.807) is 19.1 Å². The third kappa shape index (κ3) is 7.40. The third-order valence-electron chi connectivity index (χ3n) is 6.71. The van der Waals surface area contributed by atoms with Crippen LogP contribution in [0.4, 0.5) is 5.69 Å². The maximum Gasteiger partial charge on any atom is 0.303 e.